The Morgan fingerprint density at radius 3 is 2.88 bits per heavy atom. The summed E-state index contributed by atoms with van der Waals surface area (Å²) in [4.78, 5) is 4.39. The van der Waals surface area contributed by atoms with Crippen molar-refractivity contribution < 1.29 is 0 Å². The molecule has 0 fully saturated rings. The fraction of sp³-hybridized carbons (Fsp3) is 0.538. The van der Waals surface area contributed by atoms with Gasteiger partial charge >= 0.3 is 0 Å². The van der Waals surface area contributed by atoms with Crippen LogP contribution in [0.25, 0.3) is 5.52 Å². The highest BCUT2D eigenvalue weighted by Crippen LogP contribution is 2.21. The van der Waals surface area contributed by atoms with E-state index in [0.717, 1.165) is 30.0 Å². The SMILES string of the molecule is CCC(C)(C)CNc1nccn2nc(C)cc12. The molecule has 0 aliphatic carbocycles. The second kappa shape index (κ2) is 4.35. The zero-order valence-corrected chi connectivity index (χ0v) is 11.0. The summed E-state index contributed by atoms with van der Waals surface area (Å²) in [5, 5.41) is 7.80. The zero-order chi connectivity index (χ0) is 12.5. The highest BCUT2D eigenvalue weighted by Gasteiger charge is 2.15. The second-order valence-corrected chi connectivity index (χ2v) is 5.26. The van der Waals surface area contributed by atoms with Crippen molar-refractivity contribution in [2.45, 2.75) is 34.1 Å². The molecule has 4 nitrogen and oxygen atoms in total. The molecule has 0 saturated carbocycles. The van der Waals surface area contributed by atoms with Gasteiger partial charge in [0.2, 0.25) is 0 Å². The van der Waals surface area contributed by atoms with Gasteiger partial charge in [0.25, 0.3) is 0 Å². The van der Waals surface area contributed by atoms with Gasteiger partial charge in [-0.15, -0.1) is 0 Å². The summed E-state index contributed by atoms with van der Waals surface area (Å²) < 4.78 is 1.86. The normalized spacial score (nSPS) is 12.0. The van der Waals surface area contributed by atoms with Crippen LogP contribution >= 0.6 is 0 Å². The lowest BCUT2D eigenvalue weighted by atomic mass is 9.90. The lowest BCUT2D eigenvalue weighted by Gasteiger charge is -2.23. The number of aromatic nitrogens is 3. The van der Waals surface area contributed by atoms with Crippen LogP contribution in [0.5, 0.6) is 0 Å². The van der Waals surface area contributed by atoms with Crippen molar-refractivity contribution in [1.29, 1.82) is 0 Å². The predicted octanol–water partition coefficient (Wildman–Crippen LogP) is 2.89. The molecule has 0 saturated heterocycles. The second-order valence-electron chi connectivity index (χ2n) is 5.26. The van der Waals surface area contributed by atoms with Crippen molar-refractivity contribution in [3.63, 3.8) is 0 Å². The molecule has 0 spiro atoms. The zero-order valence-electron chi connectivity index (χ0n) is 11.0. The van der Waals surface area contributed by atoms with Crippen LogP contribution in [-0.4, -0.2) is 21.1 Å². The highest BCUT2D eigenvalue weighted by molar-refractivity contribution is 5.67. The molecule has 0 atom stereocenters. The van der Waals surface area contributed by atoms with Crippen molar-refractivity contribution in [3.05, 3.63) is 24.2 Å². The van der Waals surface area contributed by atoms with Crippen LogP contribution in [0.4, 0.5) is 5.82 Å². The Kier molecular flexibility index (Phi) is 3.05. The number of nitrogens with zero attached hydrogens (tertiary/aromatic N) is 3. The maximum atomic E-state index is 4.39. The van der Waals surface area contributed by atoms with Crippen molar-refractivity contribution in [1.82, 2.24) is 14.6 Å². The van der Waals surface area contributed by atoms with E-state index in [1.54, 1.807) is 6.20 Å². The molecule has 2 aromatic heterocycles. The quantitative estimate of drug-likeness (QED) is 0.881. The Labute approximate surface area is 102 Å². The van der Waals surface area contributed by atoms with Gasteiger partial charge in [0.1, 0.15) is 5.52 Å². The van der Waals surface area contributed by atoms with E-state index in [-0.39, 0.29) is 5.41 Å². The number of fused-ring (bicyclic) bond motifs is 1. The minimum Gasteiger partial charge on any atom is -0.368 e. The van der Waals surface area contributed by atoms with Crippen LogP contribution in [0, 0.1) is 12.3 Å². The van der Waals surface area contributed by atoms with Crippen LogP contribution in [0.1, 0.15) is 32.9 Å². The first kappa shape index (κ1) is 11.9. The molecule has 2 aromatic rings. The minimum atomic E-state index is 0.281. The van der Waals surface area contributed by atoms with Gasteiger partial charge in [0.15, 0.2) is 5.82 Å². The molecule has 2 heterocycles. The minimum absolute atomic E-state index is 0.281. The highest BCUT2D eigenvalue weighted by atomic mass is 15.2. The first-order chi connectivity index (χ1) is 8.02. The fourth-order valence-electron chi connectivity index (χ4n) is 1.63. The predicted molar refractivity (Wildman–Crippen MR) is 70.3 cm³/mol. The molecular weight excluding hydrogens is 212 g/mol. The first-order valence-corrected chi connectivity index (χ1v) is 6.07. The largest absolute Gasteiger partial charge is 0.368 e. The topological polar surface area (TPSA) is 42.2 Å². The third-order valence-electron chi connectivity index (χ3n) is 3.20. The summed E-state index contributed by atoms with van der Waals surface area (Å²) in [6.45, 7) is 9.62. The number of hydrogen-bond acceptors (Lipinski definition) is 3. The van der Waals surface area contributed by atoms with Gasteiger partial charge in [-0.3, -0.25) is 0 Å². The third kappa shape index (κ3) is 2.57. The van der Waals surface area contributed by atoms with E-state index in [1.807, 2.05) is 23.7 Å². The maximum Gasteiger partial charge on any atom is 0.152 e. The monoisotopic (exact) mass is 232 g/mol. The van der Waals surface area contributed by atoms with Gasteiger partial charge in [-0.05, 0) is 24.8 Å². The molecule has 17 heavy (non-hydrogen) atoms. The Balaban J connectivity index is 2.24. The Bertz CT molecular complexity index is 513. The lowest BCUT2D eigenvalue weighted by Crippen LogP contribution is -2.22. The molecule has 92 valence electrons. The van der Waals surface area contributed by atoms with E-state index < -0.39 is 0 Å². The number of hydrogen-bond donors (Lipinski definition) is 1. The van der Waals surface area contributed by atoms with Gasteiger partial charge in [-0.25, -0.2) is 9.50 Å². The van der Waals surface area contributed by atoms with Crippen molar-refractivity contribution in [3.8, 4) is 0 Å². The Morgan fingerprint density at radius 2 is 2.18 bits per heavy atom. The van der Waals surface area contributed by atoms with Gasteiger partial charge < -0.3 is 5.32 Å². The third-order valence-corrected chi connectivity index (χ3v) is 3.20. The molecule has 0 unspecified atom stereocenters. The van der Waals surface area contributed by atoms with Crippen LogP contribution in [0.15, 0.2) is 18.5 Å². The van der Waals surface area contributed by atoms with Crippen molar-refractivity contribution in [2.24, 2.45) is 5.41 Å². The van der Waals surface area contributed by atoms with Crippen LogP contribution < -0.4 is 5.32 Å². The molecule has 4 heteroatoms. The molecule has 0 amide bonds. The average Bonchev–Trinajstić information content (AvgIpc) is 2.67. The molecular formula is C13H20N4. The molecule has 0 aliphatic rings. The molecule has 0 bridgehead atoms. The summed E-state index contributed by atoms with van der Waals surface area (Å²) in [6.07, 6.45) is 4.79. The Morgan fingerprint density at radius 1 is 1.41 bits per heavy atom. The summed E-state index contributed by atoms with van der Waals surface area (Å²) in [7, 11) is 0. The molecule has 0 aliphatic heterocycles. The first-order valence-electron chi connectivity index (χ1n) is 6.07. The van der Waals surface area contributed by atoms with Crippen LogP contribution in [0.3, 0.4) is 0 Å². The number of anilines is 1. The standard InChI is InChI=1S/C13H20N4/c1-5-13(3,4)9-15-12-11-8-10(2)16-17(11)7-6-14-12/h6-8H,5,9H2,1-4H3,(H,14,15). The van der Waals surface area contributed by atoms with Gasteiger partial charge in [0, 0.05) is 18.9 Å². The molecule has 0 radical (unpaired) electrons. The smallest absolute Gasteiger partial charge is 0.152 e. The van der Waals surface area contributed by atoms with Crippen LogP contribution in [0.2, 0.25) is 0 Å². The van der Waals surface area contributed by atoms with Crippen molar-refractivity contribution in [2.75, 3.05) is 11.9 Å². The average molecular weight is 232 g/mol. The van der Waals surface area contributed by atoms with E-state index in [4.69, 9.17) is 0 Å². The lowest BCUT2D eigenvalue weighted by molar-refractivity contribution is 0.376. The molecule has 0 aromatic carbocycles. The summed E-state index contributed by atoms with van der Waals surface area (Å²) in [5.41, 5.74) is 2.33. The summed E-state index contributed by atoms with van der Waals surface area (Å²) in [5.74, 6) is 0.912. The Hall–Kier alpha value is -1.58. The number of rotatable bonds is 4. The molecule has 1 N–H and O–H groups in total. The molecule has 2 rings (SSSR count). The maximum absolute atomic E-state index is 4.39. The van der Waals surface area contributed by atoms with E-state index in [1.165, 1.54) is 0 Å². The summed E-state index contributed by atoms with van der Waals surface area (Å²) >= 11 is 0. The van der Waals surface area contributed by atoms with Crippen LogP contribution in [-0.2, 0) is 0 Å². The van der Waals surface area contributed by atoms with E-state index in [2.05, 4.69) is 36.2 Å². The number of aryl methyl sites for hydroxylation is 1. The number of nitrogens with one attached hydrogen (secondary N) is 1. The van der Waals surface area contributed by atoms with E-state index >= 15 is 0 Å². The summed E-state index contributed by atoms with van der Waals surface area (Å²) in [6, 6.07) is 2.05. The van der Waals surface area contributed by atoms with E-state index in [9.17, 15) is 0 Å². The van der Waals surface area contributed by atoms with Gasteiger partial charge in [-0.1, -0.05) is 20.8 Å². The fourth-order valence-corrected chi connectivity index (χ4v) is 1.63. The van der Waals surface area contributed by atoms with Gasteiger partial charge in [-0.2, -0.15) is 5.10 Å². The van der Waals surface area contributed by atoms with Gasteiger partial charge in [0.05, 0.1) is 5.69 Å². The van der Waals surface area contributed by atoms with Crippen molar-refractivity contribution >= 4 is 11.3 Å². The van der Waals surface area contributed by atoms with E-state index in [0.29, 0.717) is 0 Å².